The lowest BCUT2D eigenvalue weighted by Gasteiger charge is -2.36. The molecule has 0 spiro atoms. The first kappa shape index (κ1) is 16.2. The Morgan fingerprint density at radius 2 is 1.47 bits per heavy atom. The first-order valence-electron chi connectivity index (χ1n) is 7.37. The van der Waals surface area contributed by atoms with E-state index in [1.165, 1.54) is 0 Å². The van der Waals surface area contributed by atoms with E-state index in [0.29, 0.717) is 0 Å². The number of rotatable bonds is 5. The number of hydrogen-bond donors (Lipinski definition) is 0. The van der Waals surface area contributed by atoms with Gasteiger partial charge in [0.15, 0.2) is 8.24 Å². The highest BCUT2D eigenvalue weighted by atomic mass is 28.3. The van der Waals surface area contributed by atoms with Crippen molar-refractivity contribution in [2.75, 3.05) is 0 Å². The molecule has 1 heterocycles. The number of imide groups is 1. The van der Waals surface area contributed by atoms with Crippen LogP contribution in [0.5, 0.6) is 0 Å². The summed E-state index contributed by atoms with van der Waals surface area (Å²) in [4.78, 5) is 27.3. The van der Waals surface area contributed by atoms with Crippen molar-refractivity contribution in [3.05, 3.63) is 0 Å². The number of amides is 3. The van der Waals surface area contributed by atoms with Crippen LogP contribution < -0.4 is 0 Å². The normalized spacial score (nSPS) is 19.8. The summed E-state index contributed by atoms with van der Waals surface area (Å²) in [6.45, 7) is 14.0. The van der Waals surface area contributed by atoms with Crippen LogP contribution >= 0.6 is 0 Å². The average molecular weight is 284 g/mol. The molecule has 0 N–H and O–H groups in total. The molecule has 0 bridgehead atoms. The lowest BCUT2D eigenvalue weighted by molar-refractivity contribution is -0.129. The van der Waals surface area contributed by atoms with Crippen LogP contribution in [0.1, 0.15) is 48.5 Å². The van der Waals surface area contributed by atoms with E-state index >= 15 is 0 Å². The molecule has 0 radical (unpaired) electrons. The first-order chi connectivity index (χ1) is 8.69. The number of urea groups is 1. The van der Waals surface area contributed by atoms with Crippen LogP contribution in [0.4, 0.5) is 4.79 Å². The van der Waals surface area contributed by atoms with Crippen molar-refractivity contribution < 1.29 is 9.59 Å². The van der Waals surface area contributed by atoms with Gasteiger partial charge >= 0.3 is 6.03 Å². The minimum absolute atomic E-state index is 0.00316. The summed E-state index contributed by atoms with van der Waals surface area (Å²) in [5.41, 5.74) is -0.705. The molecule has 0 saturated carbocycles. The van der Waals surface area contributed by atoms with Crippen LogP contribution in [-0.2, 0) is 4.79 Å². The number of nitrogens with zero attached hydrogens (tertiary/aromatic N) is 2. The second-order valence-electron chi connectivity index (χ2n) is 6.23. The standard InChI is InChI=1S/C14H28N2O2Si/c1-8-19(9-2,10-3)16-12(17)14(6,7)15(11(4)5)13(16)18/h11H,8-10H2,1-7H3. The van der Waals surface area contributed by atoms with Crippen molar-refractivity contribution in [3.8, 4) is 0 Å². The topological polar surface area (TPSA) is 40.6 Å². The highest BCUT2D eigenvalue weighted by molar-refractivity contribution is 6.81. The van der Waals surface area contributed by atoms with Gasteiger partial charge < -0.3 is 4.90 Å². The van der Waals surface area contributed by atoms with Gasteiger partial charge in [-0.15, -0.1) is 0 Å². The van der Waals surface area contributed by atoms with Gasteiger partial charge in [0.2, 0.25) is 5.91 Å². The van der Waals surface area contributed by atoms with Crippen LogP contribution in [0.3, 0.4) is 0 Å². The number of hydrogen-bond acceptors (Lipinski definition) is 2. The molecule has 110 valence electrons. The Hall–Kier alpha value is -0.843. The Labute approximate surface area is 118 Å². The SMILES string of the molecule is CC[Si](CC)(CC)N1C(=O)N(C(C)C)C(C)(C)C1=O. The van der Waals surface area contributed by atoms with Crippen molar-refractivity contribution in [3.63, 3.8) is 0 Å². The Kier molecular flexibility index (Phi) is 4.50. The second kappa shape index (κ2) is 5.27. The van der Waals surface area contributed by atoms with Crippen molar-refractivity contribution >= 4 is 20.2 Å². The van der Waals surface area contributed by atoms with Crippen molar-refractivity contribution in [2.24, 2.45) is 0 Å². The lowest BCUT2D eigenvalue weighted by atomic mass is 10.0. The van der Waals surface area contributed by atoms with Crippen LogP contribution in [-0.4, -0.2) is 41.2 Å². The van der Waals surface area contributed by atoms with Crippen LogP contribution in [0.2, 0.25) is 18.1 Å². The summed E-state index contributed by atoms with van der Waals surface area (Å²) in [5.74, 6) is 0.00316. The largest absolute Gasteiger partial charge is 0.319 e. The van der Waals surface area contributed by atoms with Crippen LogP contribution in [0.15, 0.2) is 0 Å². The van der Waals surface area contributed by atoms with Crippen LogP contribution in [0.25, 0.3) is 0 Å². The van der Waals surface area contributed by atoms with Gasteiger partial charge in [-0.05, 0) is 45.8 Å². The molecular weight excluding hydrogens is 256 g/mol. The molecule has 19 heavy (non-hydrogen) atoms. The fraction of sp³-hybridized carbons (Fsp3) is 0.857. The predicted molar refractivity (Wildman–Crippen MR) is 80.5 cm³/mol. The summed E-state index contributed by atoms with van der Waals surface area (Å²) >= 11 is 0. The zero-order valence-corrected chi connectivity index (χ0v) is 14.4. The van der Waals surface area contributed by atoms with E-state index in [0.717, 1.165) is 18.1 Å². The molecule has 0 aromatic rings. The zero-order valence-electron chi connectivity index (χ0n) is 13.4. The minimum atomic E-state index is -1.99. The maximum atomic E-state index is 12.8. The van der Waals surface area contributed by atoms with Gasteiger partial charge in [-0.25, -0.2) is 4.79 Å². The summed E-state index contributed by atoms with van der Waals surface area (Å²) < 4.78 is 1.67. The van der Waals surface area contributed by atoms with Gasteiger partial charge in [0, 0.05) is 6.04 Å². The zero-order chi connectivity index (χ0) is 15.0. The van der Waals surface area contributed by atoms with Gasteiger partial charge in [0.1, 0.15) is 5.54 Å². The Morgan fingerprint density at radius 3 is 1.74 bits per heavy atom. The molecule has 0 aliphatic carbocycles. The molecule has 1 fully saturated rings. The fourth-order valence-electron chi connectivity index (χ4n) is 3.32. The van der Waals surface area contributed by atoms with Gasteiger partial charge in [-0.2, -0.15) is 0 Å². The third kappa shape index (κ3) is 2.22. The lowest BCUT2D eigenvalue weighted by Crippen LogP contribution is -2.56. The fourth-order valence-corrected chi connectivity index (χ4v) is 6.99. The third-order valence-electron chi connectivity index (χ3n) is 4.69. The van der Waals surface area contributed by atoms with E-state index in [1.54, 1.807) is 9.47 Å². The molecule has 5 heteroatoms. The van der Waals surface area contributed by atoms with E-state index in [4.69, 9.17) is 0 Å². The average Bonchev–Trinajstić information content (AvgIpc) is 2.51. The van der Waals surface area contributed by atoms with E-state index in [2.05, 4.69) is 20.8 Å². The molecule has 0 unspecified atom stereocenters. The summed E-state index contributed by atoms with van der Waals surface area (Å²) in [6, 6.07) is 2.81. The highest BCUT2D eigenvalue weighted by Crippen LogP contribution is 2.37. The second-order valence-corrected chi connectivity index (χ2v) is 11.2. The molecular formula is C14H28N2O2Si. The number of carbonyl (C=O) groups excluding carboxylic acids is 2. The first-order valence-corrected chi connectivity index (χ1v) is 9.94. The summed E-state index contributed by atoms with van der Waals surface area (Å²) in [6.07, 6.45) is 0. The summed E-state index contributed by atoms with van der Waals surface area (Å²) in [7, 11) is -1.99. The molecule has 3 amide bonds. The van der Waals surface area contributed by atoms with Crippen molar-refractivity contribution in [1.82, 2.24) is 9.47 Å². The Bertz CT molecular complexity index is 367. The summed E-state index contributed by atoms with van der Waals surface area (Å²) in [5, 5.41) is 0. The van der Waals surface area contributed by atoms with E-state index in [-0.39, 0.29) is 18.0 Å². The quantitative estimate of drug-likeness (QED) is 0.573. The van der Waals surface area contributed by atoms with Gasteiger partial charge in [0.05, 0.1) is 0 Å². The highest BCUT2D eigenvalue weighted by Gasteiger charge is 2.57. The Balaban J connectivity index is 3.31. The third-order valence-corrected chi connectivity index (χ3v) is 9.98. The van der Waals surface area contributed by atoms with E-state index < -0.39 is 13.8 Å². The maximum absolute atomic E-state index is 12.8. The smallest absolute Gasteiger partial charge is 0.308 e. The van der Waals surface area contributed by atoms with E-state index in [9.17, 15) is 9.59 Å². The van der Waals surface area contributed by atoms with Crippen molar-refractivity contribution in [2.45, 2.75) is 78.2 Å². The van der Waals surface area contributed by atoms with Gasteiger partial charge in [-0.3, -0.25) is 9.36 Å². The minimum Gasteiger partial charge on any atom is -0.308 e. The van der Waals surface area contributed by atoms with Crippen LogP contribution in [0, 0.1) is 0 Å². The molecule has 1 saturated heterocycles. The van der Waals surface area contributed by atoms with Gasteiger partial charge in [-0.1, -0.05) is 20.8 Å². The molecule has 4 nitrogen and oxygen atoms in total. The Morgan fingerprint density at radius 1 is 1.05 bits per heavy atom. The predicted octanol–water partition coefficient (Wildman–Crippen LogP) is 3.44. The molecule has 0 aromatic heterocycles. The molecule has 1 aliphatic rings. The molecule has 1 rings (SSSR count). The molecule has 1 aliphatic heterocycles. The monoisotopic (exact) mass is 284 g/mol. The molecule has 0 atom stereocenters. The maximum Gasteiger partial charge on any atom is 0.319 e. The van der Waals surface area contributed by atoms with Gasteiger partial charge in [0.25, 0.3) is 0 Å². The molecule has 0 aromatic carbocycles. The number of carbonyl (C=O) groups is 2. The van der Waals surface area contributed by atoms with E-state index in [1.807, 2.05) is 27.7 Å². The van der Waals surface area contributed by atoms with Crippen molar-refractivity contribution in [1.29, 1.82) is 0 Å².